The van der Waals surface area contributed by atoms with Gasteiger partial charge in [-0.3, -0.25) is 4.98 Å². The largest absolute Gasteiger partial charge is 0.399 e. The zero-order valence-corrected chi connectivity index (χ0v) is 8.14. The Labute approximate surface area is 87.4 Å². The van der Waals surface area contributed by atoms with E-state index in [2.05, 4.69) is 11.1 Å². The normalized spacial score (nSPS) is 10.9. The Kier molecular flexibility index (Phi) is 1.62. The summed E-state index contributed by atoms with van der Waals surface area (Å²) in [6, 6.07) is 14.0. The molecule has 0 fully saturated rings. The van der Waals surface area contributed by atoms with Crippen molar-refractivity contribution in [3.63, 3.8) is 0 Å². The standard InChI is InChI=1S/C13H10N2/c14-10-6-5-9-8-15-13-4-2-1-3-11(13)12(9)7-10/h1-8H,14H2. The third-order valence-corrected chi connectivity index (χ3v) is 2.61. The van der Waals surface area contributed by atoms with Crippen molar-refractivity contribution in [2.24, 2.45) is 0 Å². The van der Waals surface area contributed by atoms with Crippen molar-refractivity contribution in [3.8, 4) is 0 Å². The molecular weight excluding hydrogens is 184 g/mol. The lowest BCUT2D eigenvalue weighted by Gasteiger charge is -2.03. The minimum Gasteiger partial charge on any atom is -0.399 e. The average molecular weight is 194 g/mol. The van der Waals surface area contributed by atoms with Crippen LogP contribution in [0.15, 0.2) is 48.7 Å². The molecule has 0 aliphatic heterocycles. The Hall–Kier alpha value is -2.09. The molecule has 1 heterocycles. The predicted octanol–water partition coefficient (Wildman–Crippen LogP) is 2.97. The number of nitrogen functional groups attached to an aromatic ring is 1. The van der Waals surface area contributed by atoms with Gasteiger partial charge in [-0.1, -0.05) is 24.3 Å². The summed E-state index contributed by atoms with van der Waals surface area (Å²) in [5, 5.41) is 3.45. The summed E-state index contributed by atoms with van der Waals surface area (Å²) in [5.41, 5.74) is 7.59. The Bertz CT molecular complexity index is 644. The SMILES string of the molecule is Nc1ccc2cnc3ccccc3c2c1. The lowest BCUT2D eigenvalue weighted by molar-refractivity contribution is 1.44. The van der Waals surface area contributed by atoms with Crippen LogP contribution in [0.25, 0.3) is 21.7 Å². The van der Waals surface area contributed by atoms with Crippen molar-refractivity contribution in [1.82, 2.24) is 4.98 Å². The predicted molar refractivity (Wildman–Crippen MR) is 63.7 cm³/mol. The lowest BCUT2D eigenvalue weighted by Crippen LogP contribution is -1.86. The number of aromatic nitrogens is 1. The van der Waals surface area contributed by atoms with Gasteiger partial charge in [0.25, 0.3) is 0 Å². The molecule has 3 rings (SSSR count). The van der Waals surface area contributed by atoms with Gasteiger partial charge < -0.3 is 5.73 Å². The third kappa shape index (κ3) is 1.22. The molecule has 0 amide bonds. The van der Waals surface area contributed by atoms with Crippen LogP contribution in [0.3, 0.4) is 0 Å². The van der Waals surface area contributed by atoms with Crippen LogP contribution >= 0.6 is 0 Å². The highest BCUT2D eigenvalue weighted by molar-refractivity contribution is 6.06. The molecule has 0 aliphatic carbocycles. The molecule has 2 aromatic carbocycles. The number of nitrogens with zero attached hydrogens (tertiary/aromatic N) is 1. The van der Waals surface area contributed by atoms with Gasteiger partial charge >= 0.3 is 0 Å². The van der Waals surface area contributed by atoms with E-state index in [-0.39, 0.29) is 0 Å². The maximum absolute atomic E-state index is 5.79. The van der Waals surface area contributed by atoms with E-state index < -0.39 is 0 Å². The summed E-state index contributed by atoms with van der Waals surface area (Å²) in [7, 11) is 0. The molecule has 0 aliphatic rings. The average Bonchev–Trinajstić information content (AvgIpc) is 2.29. The van der Waals surface area contributed by atoms with E-state index in [0.717, 1.165) is 22.0 Å². The Balaban J connectivity index is 2.57. The number of hydrogen-bond donors (Lipinski definition) is 1. The molecule has 0 saturated carbocycles. The molecule has 2 N–H and O–H groups in total. The fourth-order valence-corrected chi connectivity index (χ4v) is 1.87. The van der Waals surface area contributed by atoms with Crippen LogP contribution in [0.5, 0.6) is 0 Å². The summed E-state index contributed by atoms with van der Waals surface area (Å²) in [6.07, 6.45) is 1.89. The molecule has 0 radical (unpaired) electrons. The van der Waals surface area contributed by atoms with Crippen LogP contribution in [-0.4, -0.2) is 4.98 Å². The van der Waals surface area contributed by atoms with Gasteiger partial charge in [-0.2, -0.15) is 0 Å². The number of benzene rings is 2. The molecule has 1 aromatic heterocycles. The van der Waals surface area contributed by atoms with Gasteiger partial charge in [0.1, 0.15) is 0 Å². The highest BCUT2D eigenvalue weighted by Gasteiger charge is 2.00. The second kappa shape index (κ2) is 2.95. The van der Waals surface area contributed by atoms with E-state index >= 15 is 0 Å². The first-order chi connectivity index (χ1) is 7.34. The number of rotatable bonds is 0. The van der Waals surface area contributed by atoms with Crippen LogP contribution in [0.1, 0.15) is 0 Å². The van der Waals surface area contributed by atoms with Gasteiger partial charge in [0, 0.05) is 22.7 Å². The zero-order valence-electron chi connectivity index (χ0n) is 8.14. The lowest BCUT2D eigenvalue weighted by atomic mass is 10.1. The molecule has 0 unspecified atom stereocenters. The highest BCUT2D eigenvalue weighted by atomic mass is 14.6. The van der Waals surface area contributed by atoms with Crippen molar-refractivity contribution in [1.29, 1.82) is 0 Å². The number of nitrogens with two attached hydrogens (primary N) is 1. The first kappa shape index (κ1) is 8.24. The van der Waals surface area contributed by atoms with Gasteiger partial charge in [-0.25, -0.2) is 0 Å². The monoisotopic (exact) mass is 194 g/mol. The third-order valence-electron chi connectivity index (χ3n) is 2.61. The van der Waals surface area contributed by atoms with E-state index in [0.29, 0.717) is 0 Å². The van der Waals surface area contributed by atoms with Crippen molar-refractivity contribution in [2.45, 2.75) is 0 Å². The number of anilines is 1. The Morgan fingerprint density at radius 3 is 2.73 bits per heavy atom. The van der Waals surface area contributed by atoms with E-state index in [1.165, 1.54) is 5.39 Å². The maximum atomic E-state index is 5.79. The fraction of sp³-hybridized carbons (Fsp3) is 0. The first-order valence-electron chi connectivity index (χ1n) is 4.87. The second-order valence-corrected chi connectivity index (χ2v) is 3.62. The molecule has 15 heavy (non-hydrogen) atoms. The zero-order chi connectivity index (χ0) is 10.3. The van der Waals surface area contributed by atoms with Gasteiger partial charge in [-0.05, 0) is 23.6 Å². The number of fused-ring (bicyclic) bond motifs is 3. The molecule has 0 saturated heterocycles. The maximum Gasteiger partial charge on any atom is 0.0708 e. The molecule has 2 nitrogen and oxygen atoms in total. The van der Waals surface area contributed by atoms with Crippen LogP contribution in [0.4, 0.5) is 5.69 Å². The van der Waals surface area contributed by atoms with Crippen LogP contribution in [-0.2, 0) is 0 Å². The van der Waals surface area contributed by atoms with E-state index in [1.54, 1.807) is 0 Å². The summed E-state index contributed by atoms with van der Waals surface area (Å²) < 4.78 is 0. The van der Waals surface area contributed by atoms with Crippen molar-refractivity contribution < 1.29 is 0 Å². The van der Waals surface area contributed by atoms with Crippen LogP contribution < -0.4 is 5.73 Å². The number of hydrogen-bond acceptors (Lipinski definition) is 2. The number of para-hydroxylation sites is 1. The first-order valence-corrected chi connectivity index (χ1v) is 4.87. The van der Waals surface area contributed by atoms with Crippen molar-refractivity contribution >= 4 is 27.4 Å². The molecule has 0 spiro atoms. The molecule has 3 aromatic rings. The van der Waals surface area contributed by atoms with Gasteiger partial charge in [0.15, 0.2) is 0 Å². The topological polar surface area (TPSA) is 38.9 Å². The minimum absolute atomic E-state index is 0.791. The minimum atomic E-state index is 0.791. The smallest absolute Gasteiger partial charge is 0.0708 e. The molecular formula is C13H10N2. The van der Waals surface area contributed by atoms with Crippen LogP contribution in [0, 0.1) is 0 Å². The van der Waals surface area contributed by atoms with Crippen molar-refractivity contribution in [2.75, 3.05) is 5.73 Å². The summed E-state index contributed by atoms with van der Waals surface area (Å²) in [6.45, 7) is 0. The molecule has 0 bridgehead atoms. The van der Waals surface area contributed by atoms with Crippen molar-refractivity contribution in [3.05, 3.63) is 48.7 Å². The fourth-order valence-electron chi connectivity index (χ4n) is 1.87. The Morgan fingerprint density at radius 1 is 0.933 bits per heavy atom. The highest BCUT2D eigenvalue weighted by Crippen LogP contribution is 2.24. The van der Waals surface area contributed by atoms with Gasteiger partial charge in [-0.15, -0.1) is 0 Å². The summed E-state index contributed by atoms with van der Waals surface area (Å²) in [5.74, 6) is 0. The quantitative estimate of drug-likeness (QED) is 0.441. The number of pyridine rings is 1. The summed E-state index contributed by atoms with van der Waals surface area (Å²) >= 11 is 0. The Morgan fingerprint density at radius 2 is 1.80 bits per heavy atom. The molecule has 2 heteroatoms. The van der Waals surface area contributed by atoms with Gasteiger partial charge in [0.05, 0.1) is 5.52 Å². The second-order valence-electron chi connectivity index (χ2n) is 3.62. The molecule has 72 valence electrons. The summed E-state index contributed by atoms with van der Waals surface area (Å²) in [4.78, 5) is 4.40. The molecule has 0 atom stereocenters. The van der Waals surface area contributed by atoms with Crippen LogP contribution in [0.2, 0.25) is 0 Å². The van der Waals surface area contributed by atoms with E-state index in [4.69, 9.17) is 5.73 Å². The van der Waals surface area contributed by atoms with E-state index in [1.807, 2.05) is 42.6 Å². The van der Waals surface area contributed by atoms with E-state index in [9.17, 15) is 0 Å². The van der Waals surface area contributed by atoms with Gasteiger partial charge in [0.2, 0.25) is 0 Å².